The van der Waals surface area contributed by atoms with E-state index in [4.69, 9.17) is 18.9 Å². The van der Waals surface area contributed by atoms with Gasteiger partial charge >= 0.3 is 5.97 Å². The van der Waals surface area contributed by atoms with E-state index in [0.29, 0.717) is 47.2 Å². The molecule has 0 bridgehead atoms. The van der Waals surface area contributed by atoms with Gasteiger partial charge in [-0.1, -0.05) is 20.8 Å². The number of fused-ring (bicyclic) bond motifs is 4. The quantitative estimate of drug-likeness (QED) is 0.392. The fourth-order valence-corrected chi connectivity index (χ4v) is 13.7. The Labute approximate surface area is 281 Å². The van der Waals surface area contributed by atoms with Crippen molar-refractivity contribution in [1.82, 2.24) is 10.2 Å². The molecule has 5 aliphatic carbocycles. The van der Waals surface area contributed by atoms with Crippen LogP contribution in [0.5, 0.6) is 0 Å². The van der Waals surface area contributed by atoms with Crippen LogP contribution in [-0.4, -0.2) is 90.5 Å². The zero-order chi connectivity index (χ0) is 33.1. The Hall–Kier alpha value is -1.26. The van der Waals surface area contributed by atoms with Crippen molar-refractivity contribution >= 4 is 11.9 Å². The molecule has 8 rings (SSSR count). The molecule has 9 nitrogen and oxygen atoms in total. The number of aliphatic hydroxyl groups is 1. The lowest BCUT2D eigenvalue weighted by molar-refractivity contribution is -0.247. The predicted octanol–water partition coefficient (Wildman–Crippen LogP) is 4.83. The molecule has 9 heteroatoms. The highest BCUT2D eigenvalue weighted by Gasteiger charge is 2.80. The van der Waals surface area contributed by atoms with Crippen molar-refractivity contribution in [1.29, 1.82) is 0 Å². The highest BCUT2D eigenvalue weighted by atomic mass is 16.7. The van der Waals surface area contributed by atoms with Gasteiger partial charge in [0.1, 0.15) is 0 Å². The van der Waals surface area contributed by atoms with Crippen LogP contribution in [0.3, 0.4) is 0 Å². The number of rotatable bonds is 6. The van der Waals surface area contributed by atoms with Crippen LogP contribution in [0.4, 0.5) is 0 Å². The average Bonchev–Trinajstić information content (AvgIpc) is 3.30. The number of esters is 1. The average molecular weight is 657 g/mol. The van der Waals surface area contributed by atoms with Gasteiger partial charge in [0.15, 0.2) is 12.4 Å². The fraction of sp³-hybridized carbons (Fsp3) is 0.947. The minimum atomic E-state index is -1.15. The molecule has 9 unspecified atom stereocenters. The van der Waals surface area contributed by atoms with Crippen LogP contribution in [0.15, 0.2) is 0 Å². The van der Waals surface area contributed by atoms with Crippen molar-refractivity contribution in [3.63, 3.8) is 0 Å². The second-order valence-electron chi connectivity index (χ2n) is 18.5. The molecular formula is C38H60N2O7. The second kappa shape index (κ2) is 11.1. The highest BCUT2D eigenvalue weighted by Crippen LogP contribution is 2.87. The van der Waals surface area contributed by atoms with Gasteiger partial charge in [0.05, 0.1) is 43.1 Å². The van der Waals surface area contributed by atoms with E-state index in [2.05, 4.69) is 31.0 Å². The molecule has 8 fully saturated rings. The van der Waals surface area contributed by atoms with E-state index in [1.54, 1.807) is 13.8 Å². The lowest BCUT2D eigenvalue weighted by Crippen LogP contribution is -2.57. The summed E-state index contributed by atoms with van der Waals surface area (Å²) >= 11 is 0. The van der Waals surface area contributed by atoms with Crippen molar-refractivity contribution in [3.8, 4) is 0 Å². The number of nitrogens with one attached hydrogen (secondary N) is 1. The summed E-state index contributed by atoms with van der Waals surface area (Å²) in [5, 5.41) is 13.9. The van der Waals surface area contributed by atoms with Crippen molar-refractivity contribution in [2.45, 2.75) is 155 Å². The van der Waals surface area contributed by atoms with Gasteiger partial charge in [-0.3, -0.25) is 14.5 Å². The smallest absolute Gasteiger partial charge is 0.303 e. The molecule has 3 heterocycles. The first kappa shape index (κ1) is 32.9. The molecular weight excluding hydrogens is 596 g/mol. The third-order valence-electron chi connectivity index (χ3n) is 15.7. The van der Waals surface area contributed by atoms with Gasteiger partial charge in [-0.2, -0.15) is 0 Å². The van der Waals surface area contributed by atoms with Crippen LogP contribution in [0.25, 0.3) is 0 Å². The molecule has 264 valence electrons. The number of carbonyl (C=O) groups excluding carboxylic acids is 2. The Morgan fingerprint density at radius 2 is 1.81 bits per heavy atom. The molecule has 5 saturated carbocycles. The van der Waals surface area contributed by atoms with Crippen LogP contribution in [0.1, 0.15) is 112 Å². The molecule has 0 aromatic rings. The molecule has 0 radical (unpaired) electrons. The van der Waals surface area contributed by atoms with Gasteiger partial charge in [-0.25, -0.2) is 0 Å². The Kier molecular flexibility index (Phi) is 7.79. The topological polar surface area (TPSA) is 107 Å². The van der Waals surface area contributed by atoms with Gasteiger partial charge in [-0.05, 0) is 130 Å². The molecule has 13 atom stereocenters. The lowest BCUT2D eigenvalue weighted by atomic mass is 9.46. The Morgan fingerprint density at radius 3 is 2.53 bits per heavy atom. The maximum atomic E-state index is 12.4. The third kappa shape index (κ3) is 4.93. The molecule has 0 aromatic carbocycles. The summed E-state index contributed by atoms with van der Waals surface area (Å²) in [7, 11) is 0. The van der Waals surface area contributed by atoms with Gasteiger partial charge in [0.2, 0.25) is 5.91 Å². The van der Waals surface area contributed by atoms with Crippen molar-refractivity contribution in [2.75, 3.05) is 26.2 Å². The van der Waals surface area contributed by atoms with Crippen molar-refractivity contribution < 1.29 is 33.6 Å². The number of ether oxygens (including phenoxy) is 4. The maximum Gasteiger partial charge on any atom is 0.303 e. The van der Waals surface area contributed by atoms with E-state index in [-0.39, 0.29) is 47.9 Å². The van der Waals surface area contributed by atoms with E-state index >= 15 is 0 Å². The molecule has 3 aliphatic heterocycles. The number of hydrogen-bond acceptors (Lipinski definition) is 8. The van der Waals surface area contributed by atoms with Crippen LogP contribution in [-0.2, 0) is 28.5 Å². The minimum Gasteiger partial charge on any atom is -0.457 e. The van der Waals surface area contributed by atoms with Crippen LogP contribution >= 0.6 is 0 Å². The van der Waals surface area contributed by atoms with Crippen molar-refractivity contribution in [3.05, 3.63) is 0 Å². The van der Waals surface area contributed by atoms with E-state index in [1.807, 2.05) is 0 Å². The first-order valence-electron chi connectivity index (χ1n) is 19.0. The first-order valence-corrected chi connectivity index (χ1v) is 19.0. The second-order valence-corrected chi connectivity index (χ2v) is 18.5. The van der Waals surface area contributed by atoms with E-state index in [1.165, 1.54) is 45.4 Å². The molecule has 1 amide bonds. The molecule has 3 saturated heterocycles. The Balaban J connectivity index is 0.959. The monoisotopic (exact) mass is 656 g/mol. The molecule has 47 heavy (non-hydrogen) atoms. The zero-order valence-electron chi connectivity index (χ0n) is 29.7. The molecule has 2 spiro atoms. The SMILES string of the molecule is CC(=O)O[C@@H](C1CCC2C(CC3C4CCC5C(C)(C)[C@@H](OC6CN([C@H]7CCNC7=O)CCO6)CC[C@@]56CC46CCC23C)O1)C(C)(C)O. The van der Waals surface area contributed by atoms with E-state index in [0.717, 1.165) is 51.1 Å². The summed E-state index contributed by atoms with van der Waals surface area (Å²) in [6, 6.07) is -0.0428. The Bertz CT molecular complexity index is 1270. The van der Waals surface area contributed by atoms with Gasteiger partial charge in [0.25, 0.3) is 0 Å². The summed E-state index contributed by atoms with van der Waals surface area (Å²) in [4.78, 5) is 26.6. The summed E-state index contributed by atoms with van der Waals surface area (Å²) in [5.41, 5.74) is 0.111. The first-order chi connectivity index (χ1) is 22.2. The van der Waals surface area contributed by atoms with Crippen LogP contribution in [0.2, 0.25) is 0 Å². The van der Waals surface area contributed by atoms with Gasteiger partial charge in [-0.15, -0.1) is 0 Å². The Morgan fingerprint density at radius 1 is 1.02 bits per heavy atom. The normalized spacial score (nSPS) is 49.4. The summed E-state index contributed by atoms with van der Waals surface area (Å²) in [6.07, 6.45) is 12.0. The summed E-state index contributed by atoms with van der Waals surface area (Å²) in [5.74, 6) is 2.42. The van der Waals surface area contributed by atoms with Gasteiger partial charge in [0, 0.05) is 20.0 Å². The zero-order valence-corrected chi connectivity index (χ0v) is 29.7. The fourth-order valence-electron chi connectivity index (χ4n) is 13.7. The number of nitrogens with zero attached hydrogens (tertiary/aromatic N) is 1. The maximum absolute atomic E-state index is 12.4. The number of morpholine rings is 1. The minimum absolute atomic E-state index is 0.0428. The summed E-state index contributed by atoms with van der Waals surface area (Å²) in [6.45, 7) is 15.3. The third-order valence-corrected chi connectivity index (χ3v) is 15.7. The van der Waals surface area contributed by atoms with Gasteiger partial charge < -0.3 is 29.4 Å². The van der Waals surface area contributed by atoms with E-state index in [9.17, 15) is 14.7 Å². The number of carbonyl (C=O) groups is 2. The standard InChI is InChI=1S/C38H60N2O7/c1-22(41)45-32(35(4,5)43)27-9-7-24-28(46-27)19-25-23-8-10-29-34(2,3)30(11-13-38(29)21-37(23,38)15-14-36(24,25)6)47-31-20-40(17-18-44-31)26-12-16-39-33(26)42/h23-32,43H,7-21H2,1-6H3,(H,39,42)/t23?,24?,25?,26-,27?,28?,29?,30-,31?,32-,36?,37?,38+/m0/s1. The molecule has 8 aliphatic rings. The van der Waals surface area contributed by atoms with Crippen LogP contribution in [0, 0.1) is 45.3 Å². The molecule has 2 N–H and O–H groups in total. The number of hydrogen-bond donors (Lipinski definition) is 2. The summed E-state index contributed by atoms with van der Waals surface area (Å²) < 4.78 is 25.6. The largest absolute Gasteiger partial charge is 0.457 e. The van der Waals surface area contributed by atoms with Crippen molar-refractivity contribution in [2.24, 2.45) is 45.3 Å². The highest BCUT2D eigenvalue weighted by molar-refractivity contribution is 5.83. The lowest BCUT2D eigenvalue weighted by Gasteiger charge is -2.60. The molecule has 0 aromatic heterocycles. The predicted molar refractivity (Wildman–Crippen MR) is 175 cm³/mol. The number of amides is 1. The van der Waals surface area contributed by atoms with Crippen LogP contribution < -0.4 is 5.32 Å². The van der Waals surface area contributed by atoms with E-state index < -0.39 is 11.7 Å².